The van der Waals surface area contributed by atoms with Gasteiger partial charge in [-0.05, 0) is 31.5 Å². The molecule has 0 N–H and O–H groups in total. The molecule has 0 bridgehead atoms. The number of carbonyl (C=O) groups is 1. The molecule has 1 aromatic heterocycles. The highest BCUT2D eigenvalue weighted by Crippen LogP contribution is 2.24. The first-order chi connectivity index (χ1) is 9.93. The van der Waals surface area contributed by atoms with E-state index in [4.69, 9.17) is 9.15 Å². The van der Waals surface area contributed by atoms with E-state index in [-0.39, 0.29) is 6.42 Å². The van der Waals surface area contributed by atoms with Gasteiger partial charge in [0.05, 0.1) is 18.6 Å². The van der Waals surface area contributed by atoms with E-state index in [0.717, 1.165) is 16.6 Å². The number of aryl methyl sites for hydroxylation is 1. The quantitative estimate of drug-likeness (QED) is 0.638. The summed E-state index contributed by atoms with van der Waals surface area (Å²) in [6.07, 6.45) is -0.0621. The van der Waals surface area contributed by atoms with Gasteiger partial charge in [0.25, 0.3) is 0 Å². The van der Waals surface area contributed by atoms with Crippen LogP contribution in [0.5, 0.6) is 0 Å². The Balaban J connectivity index is 2.52. The molecule has 0 fully saturated rings. The number of esters is 1. The highest BCUT2D eigenvalue weighted by atomic mass is 16.5. The molecule has 0 spiro atoms. The number of anilines is 1. The molecule has 2 aromatic rings. The molecular formula is C16H19NO4. The first-order valence-electron chi connectivity index (χ1n) is 6.83. The Morgan fingerprint density at radius 1 is 1.33 bits per heavy atom. The topological polar surface area (TPSA) is 59.8 Å². The van der Waals surface area contributed by atoms with E-state index in [2.05, 4.69) is 0 Å². The number of benzene rings is 1. The van der Waals surface area contributed by atoms with Crippen molar-refractivity contribution in [2.24, 2.45) is 0 Å². The maximum atomic E-state index is 12.1. The van der Waals surface area contributed by atoms with Crippen molar-refractivity contribution in [2.75, 3.05) is 25.6 Å². The number of hydrogen-bond donors (Lipinski definition) is 0. The molecule has 1 heterocycles. The molecule has 0 radical (unpaired) electrons. The van der Waals surface area contributed by atoms with Gasteiger partial charge in [0, 0.05) is 31.2 Å². The summed E-state index contributed by atoms with van der Waals surface area (Å²) in [6, 6.07) is 5.67. The predicted octanol–water partition coefficient (Wildman–Crippen LogP) is 2.27. The Morgan fingerprint density at radius 2 is 2.05 bits per heavy atom. The van der Waals surface area contributed by atoms with Gasteiger partial charge in [-0.15, -0.1) is 0 Å². The summed E-state index contributed by atoms with van der Waals surface area (Å²) < 4.78 is 10.2. The zero-order valence-corrected chi connectivity index (χ0v) is 12.7. The zero-order valence-electron chi connectivity index (χ0n) is 12.7. The molecule has 112 valence electrons. The Bertz CT molecular complexity index is 731. The molecule has 21 heavy (non-hydrogen) atoms. The lowest BCUT2D eigenvalue weighted by atomic mass is 10.0. The van der Waals surface area contributed by atoms with Crippen LogP contribution in [-0.2, 0) is 16.0 Å². The highest BCUT2D eigenvalue weighted by molar-refractivity contribution is 5.85. The first kappa shape index (κ1) is 15.1. The fraction of sp³-hybridized carbons (Fsp3) is 0.375. The molecular weight excluding hydrogens is 270 g/mol. The summed E-state index contributed by atoms with van der Waals surface area (Å²) in [4.78, 5) is 25.6. The van der Waals surface area contributed by atoms with Gasteiger partial charge in [0.2, 0.25) is 0 Å². The van der Waals surface area contributed by atoms with Crippen LogP contribution in [0.4, 0.5) is 5.69 Å². The lowest BCUT2D eigenvalue weighted by Gasteiger charge is -2.13. The number of ether oxygens (including phenoxy) is 1. The molecule has 0 atom stereocenters. The van der Waals surface area contributed by atoms with Gasteiger partial charge in [-0.3, -0.25) is 4.79 Å². The lowest BCUT2D eigenvalue weighted by molar-refractivity contribution is -0.142. The van der Waals surface area contributed by atoms with Crippen LogP contribution in [0.25, 0.3) is 11.0 Å². The van der Waals surface area contributed by atoms with Gasteiger partial charge in [0.1, 0.15) is 5.58 Å². The van der Waals surface area contributed by atoms with Crippen molar-refractivity contribution in [2.45, 2.75) is 20.3 Å². The van der Waals surface area contributed by atoms with E-state index in [1.54, 1.807) is 6.92 Å². The molecule has 0 saturated carbocycles. The van der Waals surface area contributed by atoms with Crippen molar-refractivity contribution in [1.82, 2.24) is 0 Å². The second-order valence-electron chi connectivity index (χ2n) is 5.05. The molecule has 0 amide bonds. The van der Waals surface area contributed by atoms with Crippen molar-refractivity contribution in [3.63, 3.8) is 0 Å². The molecule has 0 aliphatic carbocycles. The third-order valence-electron chi connectivity index (χ3n) is 3.41. The summed E-state index contributed by atoms with van der Waals surface area (Å²) >= 11 is 0. The Morgan fingerprint density at radius 3 is 2.67 bits per heavy atom. The average Bonchev–Trinajstić information content (AvgIpc) is 2.43. The van der Waals surface area contributed by atoms with Crippen LogP contribution in [0.2, 0.25) is 0 Å². The summed E-state index contributed by atoms with van der Waals surface area (Å²) in [7, 11) is 3.84. The molecule has 5 nitrogen and oxygen atoms in total. The molecule has 1 aromatic carbocycles. The van der Waals surface area contributed by atoms with Crippen molar-refractivity contribution >= 4 is 22.6 Å². The average molecular weight is 289 g/mol. The van der Waals surface area contributed by atoms with E-state index in [0.29, 0.717) is 17.8 Å². The maximum Gasteiger partial charge on any atom is 0.340 e. The summed E-state index contributed by atoms with van der Waals surface area (Å²) in [5.74, 6) is -0.419. The van der Waals surface area contributed by atoms with Gasteiger partial charge in [0.15, 0.2) is 0 Å². The normalized spacial score (nSPS) is 10.7. The van der Waals surface area contributed by atoms with Crippen LogP contribution >= 0.6 is 0 Å². The van der Waals surface area contributed by atoms with Crippen molar-refractivity contribution < 1.29 is 13.9 Å². The fourth-order valence-corrected chi connectivity index (χ4v) is 2.22. The van der Waals surface area contributed by atoms with Gasteiger partial charge >= 0.3 is 11.6 Å². The monoisotopic (exact) mass is 289 g/mol. The van der Waals surface area contributed by atoms with Gasteiger partial charge < -0.3 is 14.1 Å². The van der Waals surface area contributed by atoms with Gasteiger partial charge in [-0.25, -0.2) is 4.79 Å². The van der Waals surface area contributed by atoms with Crippen LogP contribution in [-0.4, -0.2) is 26.7 Å². The number of carbonyl (C=O) groups excluding carboxylic acids is 1. The van der Waals surface area contributed by atoms with Crippen LogP contribution in [0.3, 0.4) is 0 Å². The molecule has 0 saturated heterocycles. The molecule has 0 aliphatic rings. The highest BCUT2D eigenvalue weighted by Gasteiger charge is 2.15. The van der Waals surface area contributed by atoms with E-state index in [9.17, 15) is 9.59 Å². The van der Waals surface area contributed by atoms with Crippen molar-refractivity contribution in [1.29, 1.82) is 0 Å². The number of hydrogen-bond acceptors (Lipinski definition) is 5. The third-order valence-corrected chi connectivity index (χ3v) is 3.41. The Labute approximate surface area is 123 Å². The number of fused-ring (bicyclic) bond motifs is 1. The fourth-order valence-electron chi connectivity index (χ4n) is 2.22. The Kier molecular flexibility index (Phi) is 4.31. The van der Waals surface area contributed by atoms with Gasteiger partial charge in [-0.2, -0.15) is 0 Å². The molecule has 5 heteroatoms. The zero-order chi connectivity index (χ0) is 15.6. The largest absolute Gasteiger partial charge is 0.466 e. The smallest absolute Gasteiger partial charge is 0.340 e. The number of rotatable bonds is 4. The predicted molar refractivity (Wildman–Crippen MR) is 81.9 cm³/mol. The van der Waals surface area contributed by atoms with E-state index in [1.165, 1.54) is 0 Å². The SMILES string of the molecule is CCOC(=O)Cc1c(C)c2ccc(N(C)C)cc2oc1=O. The summed E-state index contributed by atoms with van der Waals surface area (Å²) in [6.45, 7) is 3.85. The van der Waals surface area contributed by atoms with Gasteiger partial charge in [-0.1, -0.05) is 0 Å². The van der Waals surface area contributed by atoms with Crippen LogP contribution in [0.15, 0.2) is 27.4 Å². The second-order valence-corrected chi connectivity index (χ2v) is 5.05. The standard InChI is InChI=1S/C16H19NO4/c1-5-20-15(18)9-13-10(2)12-7-6-11(17(3)4)8-14(12)21-16(13)19/h6-8H,5,9H2,1-4H3. The summed E-state index contributed by atoms with van der Waals surface area (Å²) in [5.41, 5.74) is 2.11. The summed E-state index contributed by atoms with van der Waals surface area (Å²) in [5, 5.41) is 0.833. The molecule has 2 rings (SSSR count). The van der Waals surface area contributed by atoms with Crippen LogP contribution < -0.4 is 10.5 Å². The Hall–Kier alpha value is -2.30. The second kappa shape index (κ2) is 5.99. The minimum atomic E-state index is -0.482. The van der Waals surface area contributed by atoms with E-state index < -0.39 is 11.6 Å². The van der Waals surface area contributed by atoms with E-state index in [1.807, 2.05) is 44.1 Å². The molecule has 0 aliphatic heterocycles. The molecule has 0 unspecified atom stereocenters. The number of nitrogens with zero attached hydrogens (tertiary/aromatic N) is 1. The lowest BCUT2D eigenvalue weighted by Crippen LogP contribution is -2.17. The minimum Gasteiger partial charge on any atom is -0.466 e. The van der Waals surface area contributed by atoms with Crippen molar-refractivity contribution in [3.8, 4) is 0 Å². The first-order valence-corrected chi connectivity index (χ1v) is 6.83. The maximum absolute atomic E-state index is 12.1. The van der Waals surface area contributed by atoms with Crippen LogP contribution in [0, 0.1) is 6.92 Å². The van der Waals surface area contributed by atoms with Crippen LogP contribution in [0.1, 0.15) is 18.1 Å². The minimum absolute atomic E-state index is 0.0621. The van der Waals surface area contributed by atoms with E-state index >= 15 is 0 Å². The third kappa shape index (κ3) is 3.07. The van der Waals surface area contributed by atoms with Crippen molar-refractivity contribution in [3.05, 3.63) is 39.7 Å².